The first-order valence-corrected chi connectivity index (χ1v) is 5.20. The fourth-order valence-electron chi connectivity index (χ4n) is 1.36. The molecular formula is C10H15N3O4. The molecule has 17 heavy (non-hydrogen) atoms. The average molecular weight is 241 g/mol. The number of carbonyl (C=O) groups is 1. The summed E-state index contributed by atoms with van der Waals surface area (Å²) in [6.45, 7) is -0.253. The second-order valence-corrected chi connectivity index (χ2v) is 3.36. The van der Waals surface area contributed by atoms with E-state index in [-0.39, 0.29) is 38.8 Å². The second kappa shape index (κ2) is 6.77. The predicted octanol–water partition coefficient (Wildman–Crippen LogP) is -1.94. The third-order valence-corrected chi connectivity index (χ3v) is 2.18. The van der Waals surface area contributed by atoms with Gasteiger partial charge >= 0.3 is 5.69 Å². The molecule has 0 unspecified atom stereocenters. The Morgan fingerprint density at radius 3 is 2.53 bits per heavy atom. The van der Waals surface area contributed by atoms with Gasteiger partial charge in [-0.25, -0.2) is 9.78 Å². The minimum atomic E-state index is -0.506. The summed E-state index contributed by atoms with van der Waals surface area (Å²) in [5, 5.41) is 17.6. The summed E-state index contributed by atoms with van der Waals surface area (Å²) < 4.78 is 1.17. The second-order valence-electron chi connectivity index (χ2n) is 3.36. The molecule has 1 amide bonds. The number of aliphatic hydroxyl groups excluding tert-OH is 2. The Morgan fingerprint density at radius 1 is 1.35 bits per heavy atom. The molecule has 0 radical (unpaired) electrons. The molecule has 0 aliphatic rings. The van der Waals surface area contributed by atoms with Gasteiger partial charge in [-0.05, 0) is 6.07 Å². The molecule has 7 heteroatoms. The summed E-state index contributed by atoms with van der Waals surface area (Å²) in [4.78, 5) is 27.8. The predicted molar refractivity (Wildman–Crippen MR) is 59.2 cm³/mol. The summed E-state index contributed by atoms with van der Waals surface area (Å²) in [5.41, 5.74) is -0.506. The average Bonchev–Trinajstić information content (AvgIpc) is 2.32. The van der Waals surface area contributed by atoms with Crippen LogP contribution in [0, 0.1) is 0 Å². The van der Waals surface area contributed by atoms with Gasteiger partial charge in [0.2, 0.25) is 5.91 Å². The summed E-state index contributed by atoms with van der Waals surface area (Å²) in [7, 11) is 0. The highest BCUT2D eigenvalue weighted by molar-refractivity contribution is 5.75. The molecule has 0 atom stereocenters. The van der Waals surface area contributed by atoms with Crippen molar-refractivity contribution in [3.63, 3.8) is 0 Å². The van der Waals surface area contributed by atoms with Crippen LogP contribution in [0.4, 0.5) is 0 Å². The molecule has 0 bridgehead atoms. The number of rotatable bonds is 6. The Hall–Kier alpha value is -1.73. The summed E-state index contributed by atoms with van der Waals surface area (Å²) in [5.74, 6) is -0.344. The summed E-state index contributed by atoms with van der Waals surface area (Å²) >= 11 is 0. The van der Waals surface area contributed by atoms with Crippen LogP contribution in [0.15, 0.2) is 23.3 Å². The molecule has 0 spiro atoms. The van der Waals surface area contributed by atoms with Gasteiger partial charge in [0, 0.05) is 25.5 Å². The van der Waals surface area contributed by atoms with Gasteiger partial charge in [-0.3, -0.25) is 9.36 Å². The van der Waals surface area contributed by atoms with Crippen molar-refractivity contribution in [2.24, 2.45) is 0 Å². The smallest absolute Gasteiger partial charge is 0.347 e. The SMILES string of the molecule is O=C(Cn1cccnc1=O)N(CCO)CCO. The number of aromatic nitrogens is 2. The lowest BCUT2D eigenvalue weighted by atomic mass is 10.4. The van der Waals surface area contributed by atoms with E-state index in [1.54, 1.807) is 6.07 Å². The zero-order valence-electron chi connectivity index (χ0n) is 9.32. The molecule has 94 valence electrons. The van der Waals surface area contributed by atoms with Gasteiger partial charge in [0.25, 0.3) is 0 Å². The quantitative estimate of drug-likeness (QED) is 0.604. The topological polar surface area (TPSA) is 95.7 Å². The van der Waals surface area contributed by atoms with E-state index < -0.39 is 5.69 Å². The van der Waals surface area contributed by atoms with Gasteiger partial charge in [-0.1, -0.05) is 0 Å². The maximum Gasteiger partial charge on any atom is 0.347 e. The van der Waals surface area contributed by atoms with Gasteiger partial charge in [-0.15, -0.1) is 0 Å². The van der Waals surface area contributed by atoms with Crippen LogP contribution in [-0.2, 0) is 11.3 Å². The number of hydrogen-bond acceptors (Lipinski definition) is 5. The van der Waals surface area contributed by atoms with E-state index in [2.05, 4.69) is 4.98 Å². The number of hydrogen-bond donors (Lipinski definition) is 2. The van der Waals surface area contributed by atoms with Crippen LogP contribution in [0.3, 0.4) is 0 Å². The molecule has 1 aromatic heterocycles. The fourth-order valence-corrected chi connectivity index (χ4v) is 1.36. The molecule has 0 aromatic carbocycles. The van der Waals surface area contributed by atoms with Gasteiger partial charge in [-0.2, -0.15) is 0 Å². The molecule has 0 saturated carbocycles. The highest BCUT2D eigenvalue weighted by atomic mass is 16.3. The molecule has 0 fully saturated rings. The van der Waals surface area contributed by atoms with Crippen LogP contribution < -0.4 is 5.69 Å². The number of nitrogens with zero attached hydrogens (tertiary/aromatic N) is 3. The Labute approximate surface area is 97.9 Å². The lowest BCUT2D eigenvalue weighted by Crippen LogP contribution is -2.40. The summed E-state index contributed by atoms with van der Waals surface area (Å²) in [6, 6.07) is 1.55. The van der Waals surface area contributed by atoms with Crippen LogP contribution in [0.1, 0.15) is 0 Å². The standard InChI is InChI=1S/C10H15N3O4/c14-6-4-12(5-7-15)9(16)8-13-3-1-2-11-10(13)17/h1-3,14-15H,4-8H2. The fraction of sp³-hybridized carbons (Fsp3) is 0.500. The molecule has 1 heterocycles. The highest BCUT2D eigenvalue weighted by Crippen LogP contribution is 1.92. The van der Waals surface area contributed by atoms with Crippen LogP contribution in [0.2, 0.25) is 0 Å². The Balaban J connectivity index is 2.70. The van der Waals surface area contributed by atoms with E-state index in [9.17, 15) is 9.59 Å². The van der Waals surface area contributed by atoms with Crippen molar-refractivity contribution in [2.45, 2.75) is 6.54 Å². The molecule has 7 nitrogen and oxygen atoms in total. The highest BCUT2D eigenvalue weighted by Gasteiger charge is 2.13. The van der Waals surface area contributed by atoms with Gasteiger partial charge in [0.1, 0.15) is 6.54 Å². The van der Waals surface area contributed by atoms with Crippen molar-refractivity contribution in [2.75, 3.05) is 26.3 Å². The van der Waals surface area contributed by atoms with Crippen molar-refractivity contribution in [1.82, 2.24) is 14.5 Å². The first kappa shape index (κ1) is 13.3. The first-order chi connectivity index (χ1) is 8.19. The van der Waals surface area contributed by atoms with Crippen LogP contribution in [-0.4, -0.2) is 56.9 Å². The van der Waals surface area contributed by atoms with Crippen molar-refractivity contribution >= 4 is 5.91 Å². The third-order valence-electron chi connectivity index (χ3n) is 2.18. The minimum Gasteiger partial charge on any atom is -0.395 e. The van der Waals surface area contributed by atoms with Crippen LogP contribution >= 0.6 is 0 Å². The molecule has 0 aliphatic heterocycles. The molecule has 1 rings (SSSR count). The van der Waals surface area contributed by atoms with E-state index in [1.165, 1.54) is 21.9 Å². The maximum absolute atomic E-state index is 11.8. The molecule has 0 saturated heterocycles. The van der Waals surface area contributed by atoms with Crippen molar-refractivity contribution in [3.05, 3.63) is 28.9 Å². The van der Waals surface area contributed by atoms with Gasteiger partial charge in [0.05, 0.1) is 13.2 Å². The van der Waals surface area contributed by atoms with E-state index in [0.29, 0.717) is 0 Å². The molecular weight excluding hydrogens is 226 g/mol. The first-order valence-electron chi connectivity index (χ1n) is 5.20. The van der Waals surface area contributed by atoms with Crippen molar-refractivity contribution in [1.29, 1.82) is 0 Å². The monoisotopic (exact) mass is 241 g/mol. The number of aliphatic hydroxyl groups is 2. The molecule has 0 aliphatic carbocycles. The number of carbonyl (C=O) groups excluding carboxylic acids is 1. The minimum absolute atomic E-state index is 0.133. The Kier molecular flexibility index (Phi) is 5.31. The number of amides is 1. The van der Waals surface area contributed by atoms with E-state index in [1.807, 2.05) is 0 Å². The van der Waals surface area contributed by atoms with Crippen molar-refractivity contribution in [3.8, 4) is 0 Å². The Morgan fingerprint density at radius 2 is 2.00 bits per heavy atom. The third kappa shape index (κ3) is 3.97. The van der Waals surface area contributed by atoms with Gasteiger partial charge in [0.15, 0.2) is 0 Å². The van der Waals surface area contributed by atoms with Crippen LogP contribution in [0.25, 0.3) is 0 Å². The van der Waals surface area contributed by atoms with Crippen molar-refractivity contribution < 1.29 is 15.0 Å². The zero-order valence-corrected chi connectivity index (χ0v) is 9.32. The molecule has 2 N–H and O–H groups in total. The van der Waals surface area contributed by atoms with E-state index in [4.69, 9.17) is 10.2 Å². The van der Waals surface area contributed by atoms with Crippen LogP contribution in [0.5, 0.6) is 0 Å². The maximum atomic E-state index is 11.8. The van der Waals surface area contributed by atoms with E-state index >= 15 is 0 Å². The Bertz CT molecular complexity index is 412. The molecule has 1 aromatic rings. The van der Waals surface area contributed by atoms with Gasteiger partial charge < -0.3 is 15.1 Å². The largest absolute Gasteiger partial charge is 0.395 e. The lowest BCUT2D eigenvalue weighted by Gasteiger charge is -2.20. The summed E-state index contributed by atoms with van der Waals surface area (Å²) in [6.07, 6.45) is 2.81. The zero-order chi connectivity index (χ0) is 12.7. The van der Waals surface area contributed by atoms with E-state index in [0.717, 1.165) is 0 Å². The lowest BCUT2D eigenvalue weighted by molar-refractivity contribution is -0.132. The normalized spacial score (nSPS) is 10.2.